The molecular weight excluding hydrogens is 473 g/mol. The Bertz CT molecular complexity index is 1690. The number of aromatic nitrogens is 4. The zero-order valence-corrected chi connectivity index (χ0v) is 19.9. The summed E-state index contributed by atoms with van der Waals surface area (Å²) in [4.78, 5) is 31.8. The molecule has 0 bridgehead atoms. The van der Waals surface area contributed by atoms with Gasteiger partial charge in [-0.25, -0.2) is 19.3 Å². The van der Waals surface area contributed by atoms with E-state index in [9.17, 15) is 14.0 Å². The van der Waals surface area contributed by atoms with E-state index in [0.29, 0.717) is 39.7 Å². The largest absolute Gasteiger partial charge is 0.446 e. The number of amides is 1. The molecule has 1 saturated carbocycles. The number of aromatic amines is 2. The van der Waals surface area contributed by atoms with E-state index in [1.54, 1.807) is 36.4 Å². The Morgan fingerprint density at radius 2 is 1.86 bits per heavy atom. The van der Waals surface area contributed by atoms with Gasteiger partial charge in [0, 0.05) is 17.4 Å². The standard InChI is InChI=1S/C28H24FN5O3/c29-22-11-9-16(14-24-19-7-3-4-8-20(19)26(35)34-33-24)13-21(22)17-10-12-23-25(15-17)31-27(30-23)32-28(36)37-18-5-1-2-6-18/h3-4,7-13,15,18H,1-2,5-6,14H2,(H,34,35)(H2,30,31,32,36). The first-order chi connectivity index (χ1) is 18.0. The van der Waals surface area contributed by atoms with Crippen molar-refractivity contribution in [1.82, 2.24) is 20.2 Å². The monoisotopic (exact) mass is 497 g/mol. The van der Waals surface area contributed by atoms with Crippen molar-refractivity contribution in [2.75, 3.05) is 5.32 Å². The number of nitrogens with one attached hydrogen (secondary N) is 3. The summed E-state index contributed by atoms with van der Waals surface area (Å²) in [6.07, 6.45) is 3.75. The van der Waals surface area contributed by atoms with Crippen LogP contribution in [0, 0.1) is 5.82 Å². The van der Waals surface area contributed by atoms with Crippen molar-refractivity contribution in [3.05, 3.63) is 88.1 Å². The predicted molar refractivity (Wildman–Crippen MR) is 139 cm³/mol. The van der Waals surface area contributed by atoms with Gasteiger partial charge in [-0.05, 0) is 67.1 Å². The van der Waals surface area contributed by atoms with Gasteiger partial charge >= 0.3 is 6.09 Å². The van der Waals surface area contributed by atoms with Crippen LogP contribution in [0.4, 0.5) is 15.1 Å². The number of anilines is 1. The number of hydrogen-bond acceptors (Lipinski definition) is 5. The second-order valence-electron chi connectivity index (χ2n) is 9.29. The van der Waals surface area contributed by atoms with E-state index in [4.69, 9.17) is 4.74 Å². The average molecular weight is 498 g/mol. The van der Waals surface area contributed by atoms with Gasteiger partial charge < -0.3 is 9.72 Å². The molecule has 2 heterocycles. The molecule has 37 heavy (non-hydrogen) atoms. The Kier molecular flexibility index (Phi) is 5.88. The predicted octanol–water partition coefficient (Wildman–Crippen LogP) is 5.69. The summed E-state index contributed by atoms with van der Waals surface area (Å²) in [7, 11) is 0. The van der Waals surface area contributed by atoms with Gasteiger partial charge in [0.05, 0.1) is 22.1 Å². The van der Waals surface area contributed by atoms with Crippen molar-refractivity contribution < 1.29 is 13.9 Å². The molecular formula is C28H24FN5O3. The van der Waals surface area contributed by atoms with Crippen molar-refractivity contribution in [3.8, 4) is 11.1 Å². The Morgan fingerprint density at radius 1 is 1.05 bits per heavy atom. The lowest BCUT2D eigenvalue weighted by atomic mass is 9.98. The lowest BCUT2D eigenvalue weighted by Crippen LogP contribution is -2.20. The van der Waals surface area contributed by atoms with E-state index in [1.165, 1.54) is 6.07 Å². The van der Waals surface area contributed by atoms with Crippen molar-refractivity contribution in [2.24, 2.45) is 0 Å². The van der Waals surface area contributed by atoms with Crippen LogP contribution in [0.1, 0.15) is 36.9 Å². The number of carbonyl (C=O) groups excluding carboxylic acids is 1. The second kappa shape index (κ2) is 9.50. The maximum absolute atomic E-state index is 14.9. The van der Waals surface area contributed by atoms with Gasteiger partial charge in [-0.2, -0.15) is 5.10 Å². The number of imidazole rings is 1. The summed E-state index contributed by atoms with van der Waals surface area (Å²) in [5.41, 5.74) is 3.68. The molecule has 1 aliphatic carbocycles. The topological polar surface area (TPSA) is 113 Å². The zero-order valence-electron chi connectivity index (χ0n) is 19.9. The highest BCUT2D eigenvalue weighted by Gasteiger charge is 2.20. The summed E-state index contributed by atoms with van der Waals surface area (Å²) in [5, 5.41) is 10.8. The Labute approximate surface area is 210 Å². The Hall–Kier alpha value is -4.53. The lowest BCUT2D eigenvalue weighted by Gasteiger charge is -2.10. The highest BCUT2D eigenvalue weighted by molar-refractivity contribution is 5.88. The van der Waals surface area contributed by atoms with E-state index < -0.39 is 6.09 Å². The SMILES string of the molecule is O=C(Nc1nc2cc(-c3cc(Cc4n[nH]c(=O)c5ccccc45)ccc3F)ccc2[nH]1)OC1CCCC1. The minimum Gasteiger partial charge on any atom is -0.446 e. The van der Waals surface area contributed by atoms with Crippen LogP contribution in [0.25, 0.3) is 32.9 Å². The molecule has 2 aromatic heterocycles. The number of H-pyrrole nitrogens is 2. The quantitative estimate of drug-likeness (QED) is 0.289. The zero-order chi connectivity index (χ0) is 25.4. The molecule has 5 aromatic rings. The van der Waals surface area contributed by atoms with Gasteiger partial charge in [0.25, 0.3) is 5.56 Å². The third kappa shape index (κ3) is 4.67. The first-order valence-electron chi connectivity index (χ1n) is 12.3. The molecule has 0 spiro atoms. The molecule has 1 aliphatic rings. The molecule has 8 nitrogen and oxygen atoms in total. The average Bonchev–Trinajstić information content (AvgIpc) is 3.55. The third-order valence-electron chi connectivity index (χ3n) is 6.77. The molecule has 1 fully saturated rings. The highest BCUT2D eigenvalue weighted by atomic mass is 19.1. The highest BCUT2D eigenvalue weighted by Crippen LogP contribution is 2.29. The molecule has 3 N–H and O–H groups in total. The third-order valence-corrected chi connectivity index (χ3v) is 6.77. The first-order valence-corrected chi connectivity index (χ1v) is 12.3. The van der Waals surface area contributed by atoms with Crippen molar-refractivity contribution in [1.29, 1.82) is 0 Å². The fourth-order valence-electron chi connectivity index (χ4n) is 4.92. The molecule has 3 aromatic carbocycles. The van der Waals surface area contributed by atoms with Gasteiger partial charge in [0.2, 0.25) is 5.95 Å². The number of fused-ring (bicyclic) bond motifs is 2. The number of hydrogen-bond donors (Lipinski definition) is 3. The lowest BCUT2D eigenvalue weighted by molar-refractivity contribution is 0.114. The molecule has 9 heteroatoms. The van der Waals surface area contributed by atoms with E-state index in [2.05, 4.69) is 25.5 Å². The summed E-state index contributed by atoms with van der Waals surface area (Å²) in [6.45, 7) is 0. The molecule has 1 amide bonds. The van der Waals surface area contributed by atoms with Crippen LogP contribution in [-0.4, -0.2) is 32.4 Å². The van der Waals surface area contributed by atoms with Gasteiger partial charge in [0.1, 0.15) is 11.9 Å². The van der Waals surface area contributed by atoms with Crippen LogP contribution in [-0.2, 0) is 11.2 Å². The number of nitrogens with zero attached hydrogens (tertiary/aromatic N) is 2. The maximum atomic E-state index is 14.9. The minimum absolute atomic E-state index is 0.0458. The number of carbonyl (C=O) groups is 1. The van der Waals surface area contributed by atoms with E-state index in [0.717, 1.165) is 36.6 Å². The minimum atomic E-state index is -0.534. The van der Waals surface area contributed by atoms with Crippen LogP contribution in [0.2, 0.25) is 0 Å². The Morgan fingerprint density at radius 3 is 2.70 bits per heavy atom. The summed E-state index contributed by atoms with van der Waals surface area (Å²) in [6, 6.07) is 17.6. The van der Waals surface area contributed by atoms with E-state index in [-0.39, 0.29) is 23.4 Å². The van der Waals surface area contributed by atoms with Crippen LogP contribution in [0.5, 0.6) is 0 Å². The van der Waals surface area contributed by atoms with Crippen molar-refractivity contribution in [2.45, 2.75) is 38.2 Å². The van der Waals surface area contributed by atoms with Crippen LogP contribution in [0.15, 0.2) is 65.5 Å². The number of rotatable bonds is 5. The van der Waals surface area contributed by atoms with Crippen LogP contribution >= 0.6 is 0 Å². The first kappa shape index (κ1) is 22.9. The molecule has 0 saturated heterocycles. The summed E-state index contributed by atoms with van der Waals surface area (Å²) >= 11 is 0. The molecule has 0 unspecified atom stereocenters. The van der Waals surface area contributed by atoms with Gasteiger partial charge in [-0.15, -0.1) is 0 Å². The number of ether oxygens (including phenoxy) is 1. The molecule has 186 valence electrons. The van der Waals surface area contributed by atoms with Crippen LogP contribution < -0.4 is 10.9 Å². The number of halogens is 1. The fraction of sp³-hybridized carbons (Fsp3) is 0.214. The fourth-order valence-corrected chi connectivity index (χ4v) is 4.92. The molecule has 0 aliphatic heterocycles. The van der Waals surface area contributed by atoms with Gasteiger partial charge in [-0.1, -0.05) is 30.3 Å². The van der Waals surface area contributed by atoms with Crippen LogP contribution in [0.3, 0.4) is 0 Å². The number of benzene rings is 3. The summed E-state index contributed by atoms with van der Waals surface area (Å²) in [5.74, 6) is -0.0863. The molecule has 0 radical (unpaired) electrons. The summed E-state index contributed by atoms with van der Waals surface area (Å²) < 4.78 is 20.3. The Balaban J connectivity index is 1.26. The molecule has 0 atom stereocenters. The normalized spacial score (nSPS) is 13.9. The van der Waals surface area contributed by atoms with Crippen molar-refractivity contribution >= 4 is 33.8 Å². The maximum Gasteiger partial charge on any atom is 0.414 e. The molecule has 6 rings (SSSR count). The van der Waals surface area contributed by atoms with Crippen molar-refractivity contribution in [3.63, 3.8) is 0 Å². The van der Waals surface area contributed by atoms with E-state index in [1.807, 2.05) is 18.2 Å². The second-order valence-corrected chi connectivity index (χ2v) is 9.29. The van der Waals surface area contributed by atoms with Gasteiger partial charge in [0.15, 0.2) is 0 Å². The smallest absolute Gasteiger partial charge is 0.414 e. The van der Waals surface area contributed by atoms with E-state index >= 15 is 0 Å². The van der Waals surface area contributed by atoms with Gasteiger partial charge in [-0.3, -0.25) is 10.1 Å².